The lowest BCUT2D eigenvalue weighted by Gasteiger charge is -2.34. The largest absolute Gasteiger partial charge is 0.618 e. The summed E-state index contributed by atoms with van der Waals surface area (Å²) in [4.78, 5) is 26.1. The van der Waals surface area contributed by atoms with E-state index in [0.29, 0.717) is 52.6 Å². The Hall–Kier alpha value is -4.15. The second kappa shape index (κ2) is 12.4. The van der Waals surface area contributed by atoms with E-state index in [-0.39, 0.29) is 17.7 Å². The zero-order valence-electron chi connectivity index (χ0n) is 24.6. The number of hydrogen-bond acceptors (Lipinski definition) is 8. The van der Waals surface area contributed by atoms with Crippen molar-refractivity contribution in [1.82, 2.24) is 19.8 Å². The number of benzene rings is 2. The lowest BCUT2D eigenvalue weighted by molar-refractivity contribution is -0.407. The molecule has 10 nitrogen and oxygen atoms in total. The van der Waals surface area contributed by atoms with Crippen molar-refractivity contribution >= 4 is 46.4 Å². The summed E-state index contributed by atoms with van der Waals surface area (Å²) in [5.41, 5.74) is 4.60. The van der Waals surface area contributed by atoms with Gasteiger partial charge in [0.2, 0.25) is 11.7 Å². The molecular formula is C31H36ClN7O3. The highest BCUT2D eigenvalue weighted by molar-refractivity contribution is 6.33. The fourth-order valence-electron chi connectivity index (χ4n) is 4.96. The van der Waals surface area contributed by atoms with Gasteiger partial charge in [-0.1, -0.05) is 36.7 Å². The zero-order chi connectivity index (χ0) is 30.0. The van der Waals surface area contributed by atoms with E-state index in [9.17, 15) is 10.0 Å². The number of para-hydroxylation sites is 1. The van der Waals surface area contributed by atoms with E-state index in [1.54, 1.807) is 11.0 Å². The lowest BCUT2D eigenvalue weighted by atomic mass is 9.98. The summed E-state index contributed by atoms with van der Waals surface area (Å²) in [5.74, 6) is 1.11. The fourth-order valence-corrected chi connectivity index (χ4v) is 5.10. The Morgan fingerprint density at radius 2 is 1.83 bits per heavy atom. The van der Waals surface area contributed by atoms with Crippen LogP contribution in [-0.2, 0) is 4.79 Å². The summed E-state index contributed by atoms with van der Waals surface area (Å²) in [5, 5.41) is 20.1. The second-order valence-electron chi connectivity index (χ2n) is 10.7. The van der Waals surface area contributed by atoms with Gasteiger partial charge in [-0.15, -0.1) is 0 Å². The maximum absolute atomic E-state index is 13.2. The van der Waals surface area contributed by atoms with Gasteiger partial charge in [0.1, 0.15) is 10.8 Å². The van der Waals surface area contributed by atoms with Gasteiger partial charge in [-0.25, -0.2) is 4.98 Å². The summed E-state index contributed by atoms with van der Waals surface area (Å²) in [6, 6.07) is 11.5. The maximum Gasteiger partial charge on any atom is 0.320 e. The number of piperazine rings is 1. The number of ether oxygens (including phenoxy) is 1. The molecule has 2 aromatic carbocycles. The minimum atomic E-state index is -0.233. The number of carbonyl (C=O) groups excluding carboxylic acids is 1. The maximum atomic E-state index is 13.2. The molecule has 1 amide bonds. The van der Waals surface area contributed by atoms with Gasteiger partial charge in [0.05, 0.1) is 29.6 Å². The van der Waals surface area contributed by atoms with E-state index >= 15 is 0 Å². The fraction of sp³-hybridized carbons (Fsp3) is 0.355. The number of aromatic nitrogens is 2. The smallest absolute Gasteiger partial charge is 0.320 e. The highest BCUT2D eigenvalue weighted by Gasteiger charge is 2.37. The van der Waals surface area contributed by atoms with Crippen molar-refractivity contribution < 1.29 is 14.3 Å². The highest BCUT2D eigenvalue weighted by atomic mass is 35.5. The number of nitrogens with zero attached hydrogens (tertiary/aromatic N) is 5. The molecule has 2 aliphatic heterocycles. The van der Waals surface area contributed by atoms with Gasteiger partial charge in [-0.05, 0) is 63.6 Å². The Bertz CT molecular complexity index is 1560. The van der Waals surface area contributed by atoms with E-state index in [4.69, 9.17) is 16.3 Å². The summed E-state index contributed by atoms with van der Waals surface area (Å²) in [6.45, 7) is 13.7. The molecular weight excluding hydrogens is 554 g/mol. The molecule has 2 aliphatic rings. The Labute approximate surface area is 251 Å². The van der Waals surface area contributed by atoms with Crippen LogP contribution < -0.4 is 15.4 Å². The third kappa shape index (κ3) is 6.19. The van der Waals surface area contributed by atoms with Crippen molar-refractivity contribution in [2.75, 3.05) is 43.4 Å². The first-order chi connectivity index (χ1) is 20.1. The first-order valence-corrected chi connectivity index (χ1v) is 14.5. The number of hydroxylamine groups is 1. The lowest BCUT2D eigenvalue weighted by Crippen LogP contribution is -2.50. The molecule has 0 radical (unpaired) electrons. The molecule has 2 N–H and O–H groups in total. The van der Waals surface area contributed by atoms with Gasteiger partial charge >= 0.3 is 5.91 Å². The Morgan fingerprint density at radius 3 is 2.50 bits per heavy atom. The van der Waals surface area contributed by atoms with Gasteiger partial charge in [0.25, 0.3) is 5.70 Å². The number of amides is 1. The van der Waals surface area contributed by atoms with Crippen molar-refractivity contribution in [3.8, 4) is 5.75 Å². The number of carbonyl (C=O) groups is 1. The van der Waals surface area contributed by atoms with E-state index in [2.05, 4.69) is 32.4 Å². The van der Waals surface area contributed by atoms with Gasteiger partial charge in [-0.3, -0.25) is 4.79 Å². The number of rotatable bonds is 9. The number of nitrogens with one attached hydrogen (secondary N) is 2. The topological polar surface area (TPSA) is 109 Å². The third-order valence-electron chi connectivity index (χ3n) is 7.39. The number of halogens is 1. The SMILES string of the molecule is CCN1CCN(C(=O)C2=CC(c3cc(Nc4ncc(Cl)c(Nc5ccccc5C)n4)c(OC(C)C)cc3C)=[N+]2[O-])CC1. The van der Waals surface area contributed by atoms with E-state index in [1.165, 1.54) is 6.20 Å². The molecule has 0 atom stereocenters. The number of allylic oxidation sites excluding steroid dienone is 1. The molecule has 220 valence electrons. The number of likely N-dealkylation sites (N-methyl/N-ethyl adjacent to an activating group) is 1. The molecule has 0 bridgehead atoms. The highest BCUT2D eigenvalue weighted by Crippen LogP contribution is 2.34. The van der Waals surface area contributed by atoms with Crippen LogP contribution in [0, 0.1) is 19.1 Å². The normalized spacial score (nSPS) is 15.4. The molecule has 0 unspecified atom stereocenters. The van der Waals surface area contributed by atoms with Crippen LogP contribution in [0.25, 0.3) is 0 Å². The number of hydrogen-bond donors (Lipinski definition) is 2. The monoisotopic (exact) mass is 589 g/mol. The molecule has 1 fully saturated rings. The molecule has 0 spiro atoms. The first-order valence-electron chi connectivity index (χ1n) is 14.2. The molecule has 1 saturated heterocycles. The van der Waals surface area contributed by atoms with Crippen LogP contribution in [0.1, 0.15) is 37.5 Å². The Kier molecular flexibility index (Phi) is 8.65. The van der Waals surface area contributed by atoms with Crippen LogP contribution in [-0.4, -0.2) is 75.0 Å². The Morgan fingerprint density at radius 1 is 1.10 bits per heavy atom. The molecule has 11 heteroatoms. The standard InChI is InChI=1S/C31H36ClN7O3/c1-6-37-11-13-38(14-12-37)30(40)27-17-26(39(27)41)22-16-25(28(15-21(22)5)42-19(2)3)35-31-33-18-23(32)29(36-31)34-24-10-8-7-9-20(24)4/h7-10,15-19H,6,11-14H2,1-5H3,(H2,33,34,35,36). The molecule has 3 heterocycles. The van der Waals surface area contributed by atoms with Crippen LogP contribution in [0.15, 0.2) is 54.4 Å². The van der Waals surface area contributed by atoms with Gasteiger partial charge in [0, 0.05) is 31.9 Å². The summed E-state index contributed by atoms with van der Waals surface area (Å²) in [6.07, 6.45) is 3.10. The molecule has 3 aromatic rings. The van der Waals surface area contributed by atoms with Crippen LogP contribution >= 0.6 is 11.6 Å². The van der Waals surface area contributed by atoms with Gasteiger partial charge in [-0.2, -0.15) is 9.72 Å². The summed E-state index contributed by atoms with van der Waals surface area (Å²) < 4.78 is 6.82. The number of anilines is 4. The van der Waals surface area contributed by atoms with Crippen LogP contribution in [0.3, 0.4) is 0 Å². The Balaban J connectivity index is 1.41. The quantitative estimate of drug-likeness (QED) is 0.253. The molecule has 0 saturated carbocycles. The van der Waals surface area contributed by atoms with Crippen molar-refractivity contribution in [2.45, 2.75) is 40.7 Å². The van der Waals surface area contributed by atoms with Gasteiger partial charge < -0.3 is 30.4 Å². The second-order valence-corrected chi connectivity index (χ2v) is 11.1. The molecule has 5 rings (SSSR count). The molecule has 0 aliphatic carbocycles. The van der Waals surface area contributed by atoms with Crippen molar-refractivity contribution in [1.29, 1.82) is 0 Å². The third-order valence-corrected chi connectivity index (χ3v) is 7.67. The minimum absolute atomic E-state index is 0.0927. The van der Waals surface area contributed by atoms with E-state index in [0.717, 1.165) is 41.2 Å². The van der Waals surface area contributed by atoms with Crippen LogP contribution in [0.2, 0.25) is 5.02 Å². The predicted molar refractivity (Wildman–Crippen MR) is 166 cm³/mol. The summed E-state index contributed by atoms with van der Waals surface area (Å²) in [7, 11) is 0. The van der Waals surface area contributed by atoms with E-state index in [1.807, 2.05) is 64.1 Å². The summed E-state index contributed by atoms with van der Waals surface area (Å²) >= 11 is 6.42. The minimum Gasteiger partial charge on any atom is -0.618 e. The van der Waals surface area contributed by atoms with Gasteiger partial charge in [0.15, 0.2) is 5.82 Å². The van der Waals surface area contributed by atoms with Crippen molar-refractivity contribution in [3.63, 3.8) is 0 Å². The molecule has 1 aromatic heterocycles. The first kappa shape index (κ1) is 29.3. The van der Waals surface area contributed by atoms with Crippen LogP contribution in [0.4, 0.5) is 23.1 Å². The predicted octanol–water partition coefficient (Wildman–Crippen LogP) is 5.38. The average molecular weight is 590 g/mol. The van der Waals surface area contributed by atoms with Crippen LogP contribution in [0.5, 0.6) is 5.75 Å². The van der Waals surface area contributed by atoms with E-state index < -0.39 is 0 Å². The molecule has 42 heavy (non-hydrogen) atoms. The average Bonchev–Trinajstić information content (AvgIpc) is 2.97. The number of aryl methyl sites for hydroxylation is 2. The van der Waals surface area contributed by atoms with Crippen molar-refractivity contribution in [3.05, 3.63) is 81.3 Å². The zero-order valence-corrected chi connectivity index (χ0v) is 25.3. The van der Waals surface area contributed by atoms with Crippen molar-refractivity contribution in [2.24, 2.45) is 0 Å².